The highest BCUT2D eigenvalue weighted by atomic mass is 19.1. The van der Waals surface area contributed by atoms with Crippen molar-refractivity contribution in [3.63, 3.8) is 0 Å². The second kappa shape index (κ2) is 5.21. The van der Waals surface area contributed by atoms with Crippen LogP contribution in [0.25, 0.3) is 0 Å². The first-order chi connectivity index (χ1) is 8.27. The Balaban J connectivity index is 2.01. The van der Waals surface area contributed by atoms with E-state index in [0.29, 0.717) is 5.75 Å². The quantitative estimate of drug-likeness (QED) is 0.759. The minimum atomic E-state index is -0.630. The maximum absolute atomic E-state index is 13.2. The number of benzene rings is 1. The summed E-state index contributed by atoms with van der Waals surface area (Å²) in [6.45, 7) is -0.190. The molecule has 0 amide bonds. The number of nitrogens with zero attached hydrogens (tertiary/aromatic N) is 1. The monoisotopic (exact) mass is 231 g/mol. The molecule has 0 fully saturated rings. The van der Waals surface area contributed by atoms with E-state index in [4.69, 9.17) is 4.74 Å². The Morgan fingerprint density at radius 3 is 2.71 bits per heavy atom. The molecule has 0 saturated heterocycles. The molecule has 3 nitrogen and oxygen atoms in total. The van der Waals surface area contributed by atoms with Crippen molar-refractivity contribution >= 4 is 5.78 Å². The molecule has 1 aromatic carbocycles. The second-order valence-corrected chi connectivity index (χ2v) is 3.38. The average molecular weight is 231 g/mol. The van der Waals surface area contributed by atoms with E-state index in [1.54, 1.807) is 24.3 Å². The van der Waals surface area contributed by atoms with Gasteiger partial charge in [0.2, 0.25) is 5.78 Å². The summed E-state index contributed by atoms with van der Waals surface area (Å²) in [7, 11) is 0. The van der Waals surface area contributed by atoms with Crippen LogP contribution in [0, 0.1) is 5.82 Å². The third-order valence-electron chi connectivity index (χ3n) is 2.19. The van der Waals surface area contributed by atoms with Gasteiger partial charge in [0.1, 0.15) is 5.75 Å². The highest BCUT2D eigenvalue weighted by molar-refractivity contribution is 5.97. The normalized spacial score (nSPS) is 9.94. The van der Waals surface area contributed by atoms with Gasteiger partial charge >= 0.3 is 0 Å². The molecule has 0 aliphatic carbocycles. The lowest BCUT2D eigenvalue weighted by molar-refractivity contribution is 0.0917. The smallest absolute Gasteiger partial charge is 0.203 e. The van der Waals surface area contributed by atoms with Crippen molar-refractivity contribution in [1.29, 1.82) is 0 Å². The molecular weight excluding hydrogens is 221 g/mol. The molecule has 0 atom stereocenters. The van der Waals surface area contributed by atoms with Crippen LogP contribution < -0.4 is 4.74 Å². The maximum Gasteiger partial charge on any atom is 0.203 e. The number of Topliss-reactive ketones (excluding diaryl/α,β-unsaturated/α-hetero) is 1. The van der Waals surface area contributed by atoms with Crippen molar-refractivity contribution in [2.45, 2.75) is 0 Å². The number of hydrogen-bond donors (Lipinski definition) is 0. The lowest BCUT2D eigenvalue weighted by Gasteiger charge is -2.05. The van der Waals surface area contributed by atoms with Gasteiger partial charge in [0.15, 0.2) is 12.4 Å². The van der Waals surface area contributed by atoms with Crippen LogP contribution in [0.3, 0.4) is 0 Å². The van der Waals surface area contributed by atoms with Crippen molar-refractivity contribution in [2.75, 3.05) is 6.61 Å². The number of carbonyl (C=O) groups is 1. The summed E-state index contributed by atoms with van der Waals surface area (Å²) in [5.74, 6) is -0.460. The van der Waals surface area contributed by atoms with E-state index >= 15 is 0 Å². The summed E-state index contributed by atoms with van der Waals surface area (Å²) in [6.07, 6.45) is 2.38. The van der Waals surface area contributed by atoms with Crippen LogP contribution >= 0.6 is 0 Å². The first-order valence-corrected chi connectivity index (χ1v) is 5.08. The van der Waals surface area contributed by atoms with Gasteiger partial charge in [0.25, 0.3) is 0 Å². The number of carbonyl (C=O) groups excluding carboxylic acids is 1. The Bertz CT molecular complexity index is 514. The molecule has 0 saturated carbocycles. The van der Waals surface area contributed by atoms with E-state index in [2.05, 4.69) is 4.98 Å². The van der Waals surface area contributed by atoms with Gasteiger partial charge in [0.05, 0.1) is 11.8 Å². The molecule has 2 rings (SSSR count). The summed E-state index contributed by atoms with van der Waals surface area (Å²) < 4.78 is 18.5. The SMILES string of the molecule is O=C(COc1ccccc1)c1ccncc1F. The minimum absolute atomic E-state index is 0.00377. The molecule has 86 valence electrons. The summed E-state index contributed by atoms with van der Waals surface area (Å²) in [5, 5.41) is 0. The molecule has 0 N–H and O–H groups in total. The summed E-state index contributed by atoms with van der Waals surface area (Å²) in [4.78, 5) is 15.2. The fraction of sp³-hybridized carbons (Fsp3) is 0.0769. The van der Waals surface area contributed by atoms with Gasteiger partial charge in [0, 0.05) is 6.20 Å². The molecule has 0 bridgehead atoms. The fourth-order valence-corrected chi connectivity index (χ4v) is 1.34. The maximum atomic E-state index is 13.2. The molecule has 0 aliphatic heterocycles. The van der Waals surface area contributed by atoms with Gasteiger partial charge < -0.3 is 4.74 Å². The van der Waals surface area contributed by atoms with Crippen LogP contribution in [0.5, 0.6) is 5.75 Å². The number of ketones is 1. The van der Waals surface area contributed by atoms with Crippen LogP contribution in [0.2, 0.25) is 0 Å². The van der Waals surface area contributed by atoms with E-state index in [9.17, 15) is 9.18 Å². The zero-order valence-corrected chi connectivity index (χ0v) is 8.97. The van der Waals surface area contributed by atoms with Crippen LogP contribution in [-0.2, 0) is 0 Å². The Morgan fingerprint density at radius 2 is 2.00 bits per heavy atom. The zero-order valence-electron chi connectivity index (χ0n) is 8.97. The molecule has 2 aromatic rings. The molecule has 0 aliphatic rings. The highest BCUT2D eigenvalue weighted by Crippen LogP contribution is 2.10. The van der Waals surface area contributed by atoms with Gasteiger partial charge in [-0.2, -0.15) is 0 Å². The zero-order chi connectivity index (χ0) is 12.1. The predicted molar refractivity (Wildman–Crippen MR) is 60.5 cm³/mol. The first kappa shape index (κ1) is 11.3. The molecule has 1 aromatic heterocycles. The standard InChI is InChI=1S/C13H10FNO2/c14-12-8-15-7-6-11(12)13(16)9-17-10-4-2-1-3-5-10/h1-8H,9H2. The van der Waals surface area contributed by atoms with Crippen molar-refractivity contribution in [1.82, 2.24) is 4.98 Å². The Kier molecular flexibility index (Phi) is 3.45. The van der Waals surface area contributed by atoms with Crippen molar-refractivity contribution in [3.8, 4) is 5.75 Å². The van der Waals surface area contributed by atoms with E-state index in [1.165, 1.54) is 12.3 Å². The van der Waals surface area contributed by atoms with Crippen molar-refractivity contribution < 1.29 is 13.9 Å². The number of ether oxygens (including phenoxy) is 1. The lowest BCUT2D eigenvalue weighted by Crippen LogP contribution is -2.13. The molecule has 0 unspecified atom stereocenters. The van der Waals surface area contributed by atoms with Crippen molar-refractivity contribution in [3.05, 3.63) is 60.2 Å². The Labute approximate surface area is 97.9 Å². The minimum Gasteiger partial charge on any atom is -0.485 e. The van der Waals surface area contributed by atoms with E-state index in [-0.39, 0.29) is 12.2 Å². The average Bonchev–Trinajstić information content (AvgIpc) is 2.38. The topological polar surface area (TPSA) is 39.2 Å². The van der Waals surface area contributed by atoms with Crippen LogP contribution in [-0.4, -0.2) is 17.4 Å². The third kappa shape index (κ3) is 2.87. The van der Waals surface area contributed by atoms with Crippen LogP contribution in [0.15, 0.2) is 48.8 Å². The van der Waals surface area contributed by atoms with Gasteiger partial charge in [-0.25, -0.2) is 4.39 Å². The number of hydrogen-bond acceptors (Lipinski definition) is 3. The van der Waals surface area contributed by atoms with Gasteiger partial charge in [-0.15, -0.1) is 0 Å². The molecule has 17 heavy (non-hydrogen) atoms. The van der Waals surface area contributed by atoms with Crippen LogP contribution in [0.4, 0.5) is 4.39 Å². The summed E-state index contributed by atoms with van der Waals surface area (Å²) in [5.41, 5.74) is -0.00377. The Morgan fingerprint density at radius 1 is 1.24 bits per heavy atom. The lowest BCUT2D eigenvalue weighted by atomic mass is 10.2. The number of aromatic nitrogens is 1. The predicted octanol–water partition coefficient (Wildman–Crippen LogP) is 2.48. The molecule has 0 radical (unpaired) electrons. The van der Waals surface area contributed by atoms with E-state index < -0.39 is 11.6 Å². The van der Waals surface area contributed by atoms with Gasteiger partial charge in [-0.3, -0.25) is 9.78 Å². The van der Waals surface area contributed by atoms with Gasteiger partial charge in [-0.1, -0.05) is 18.2 Å². The molecule has 4 heteroatoms. The number of pyridine rings is 1. The number of para-hydroxylation sites is 1. The van der Waals surface area contributed by atoms with E-state index in [0.717, 1.165) is 6.20 Å². The third-order valence-corrected chi connectivity index (χ3v) is 2.19. The molecule has 1 heterocycles. The molecular formula is C13H10FNO2. The fourth-order valence-electron chi connectivity index (χ4n) is 1.34. The largest absolute Gasteiger partial charge is 0.485 e. The van der Waals surface area contributed by atoms with Crippen LogP contribution in [0.1, 0.15) is 10.4 Å². The number of halogens is 1. The number of rotatable bonds is 4. The van der Waals surface area contributed by atoms with Crippen molar-refractivity contribution in [2.24, 2.45) is 0 Å². The summed E-state index contributed by atoms with van der Waals surface area (Å²) in [6, 6.07) is 10.2. The Hall–Kier alpha value is -2.23. The summed E-state index contributed by atoms with van der Waals surface area (Å²) >= 11 is 0. The highest BCUT2D eigenvalue weighted by Gasteiger charge is 2.11. The van der Waals surface area contributed by atoms with Gasteiger partial charge in [-0.05, 0) is 18.2 Å². The first-order valence-electron chi connectivity index (χ1n) is 5.08. The molecule has 0 spiro atoms. The second-order valence-electron chi connectivity index (χ2n) is 3.38. The van der Waals surface area contributed by atoms with E-state index in [1.807, 2.05) is 6.07 Å².